The Balaban J connectivity index is 2.25. The van der Waals surface area contributed by atoms with Crippen LogP contribution in [-0.4, -0.2) is 10.1 Å². The maximum absolute atomic E-state index is 13.7. The second kappa shape index (κ2) is 5.80. The third-order valence-corrected chi connectivity index (χ3v) is 3.40. The number of hydrogen-bond donors (Lipinski definition) is 1. The molecule has 0 aliphatic carbocycles. The normalized spacial score (nSPS) is 12.5. The first-order valence-electron chi connectivity index (χ1n) is 6.03. The lowest BCUT2D eigenvalue weighted by molar-refractivity contribution is 0.177. The predicted molar refractivity (Wildman–Crippen MR) is 76.5 cm³/mol. The van der Waals surface area contributed by atoms with Crippen molar-refractivity contribution in [2.75, 3.05) is 0 Å². The largest absolute Gasteiger partial charge is 0.388 e. The van der Waals surface area contributed by atoms with Gasteiger partial charge in [0, 0.05) is 22.3 Å². The lowest BCUT2D eigenvalue weighted by atomic mass is 10.0. The zero-order valence-corrected chi connectivity index (χ0v) is 12.4. The van der Waals surface area contributed by atoms with Crippen molar-refractivity contribution in [2.45, 2.75) is 26.4 Å². The zero-order chi connectivity index (χ0) is 14.0. The number of aliphatic hydroxyl groups is 1. The minimum Gasteiger partial charge on any atom is -0.388 e. The van der Waals surface area contributed by atoms with Gasteiger partial charge >= 0.3 is 0 Å². The van der Waals surface area contributed by atoms with E-state index in [1.54, 1.807) is 12.1 Å². The Morgan fingerprint density at radius 1 is 1.21 bits per heavy atom. The SMILES string of the molecule is Cc1cc(C(O)Cc2cc(Br)ccc2F)cc(C)n1. The van der Waals surface area contributed by atoms with E-state index in [9.17, 15) is 9.50 Å². The summed E-state index contributed by atoms with van der Waals surface area (Å²) in [4.78, 5) is 4.26. The minimum atomic E-state index is -0.732. The Kier molecular flexibility index (Phi) is 4.32. The van der Waals surface area contributed by atoms with Gasteiger partial charge < -0.3 is 5.11 Å². The molecule has 0 aliphatic rings. The second-order valence-corrected chi connectivity index (χ2v) is 5.55. The van der Waals surface area contributed by atoms with E-state index in [1.807, 2.05) is 26.0 Å². The van der Waals surface area contributed by atoms with Crippen LogP contribution >= 0.6 is 15.9 Å². The van der Waals surface area contributed by atoms with Crippen LogP contribution in [0.5, 0.6) is 0 Å². The summed E-state index contributed by atoms with van der Waals surface area (Å²) in [7, 11) is 0. The molecule has 0 fully saturated rings. The molecule has 1 N–H and O–H groups in total. The average molecular weight is 324 g/mol. The Morgan fingerprint density at radius 2 is 1.84 bits per heavy atom. The number of halogens is 2. The molecule has 0 saturated heterocycles. The molecule has 2 rings (SSSR count). The first-order chi connectivity index (χ1) is 8.95. The average Bonchev–Trinajstić information content (AvgIpc) is 2.32. The fourth-order valence-corrected chi connectivity index (χ4v) is 2.49. The number of rotatable bonds is 3. The Morgan fingerprint density at radius 3 is 2.47 bits per heavy atom. The van der Waals surface area contributed by atoms with Gasteiger partial charge in [-0.15, -0.1) is 0 Å². The van der Waals surface area contributed by atoms with Gasteiger partial charge in [-0.1, -0.05) is 15.9 Å². The van der Waals surface area contributed by atoms with Gasteiger partial charge in [-0.05, 0) is 55.3 Å². The molecule has 0 spiro atoms. The van der Waals surface area contributed by atoms with Gasteiger partial charge in [0.15, 0.2) is 0 Å². The van der Waals surface area contributed by atoms with Gasteiger partial charge in [-0.3, -0.25) is 4.98 Å². The molecular formula is C15H15BrFNO. The molecule has 1 atom stereocenters. The molecule has 1 aromatic heterocycles. The zero-order valence-electron chi connectivity index (χ0n) is 10.8. The number of nitrogens with zero attached hydrogens (tertiary/aromatic N) is 1. The van der Waals surface area contributed by atoms with Gasteiger partial charge in [-0.25, -0.2) is 4.39 Å². The van der Waals surface area contributed by atoms with E-state index in [4.69, 9.17) is 0 Å². The van der Waals surface area contributed by atoms with E-state index in [2.05, 4.69) is 20.9 Å². The molecule has 1 unspecified atom stereocenters. The smallest absolute Gasteiger partial charge is 0.126 e. The van der Waals surface area contributed by atoms with Crippen molar-refractivity contribution >= 4 is 15.9 Å². The monoisotopic (exact) mass is 323 g/mol. The minimum absolute atomic E-state index is 0.244. The molecule has 0 saturated carbocycles. The van der Waals surface area contributed by atoms with E-state index in [-0.39, 0.29) is 12.2 Å². The number of pyridine rings is 1. The topological polar surface area (TPSA) is 33.1 Å². The van der Waals surface area contributed by atoms with Gasteiger partial charge in [0.25, 0.3) is 0 Å². The molecule has 0 bridgehead atoms. The molecule has 0 aliphatic heterocycles. The van der Waals surface area contributed by atoms with Crippen molar-refractivity contribution in [3.63, 3.8) is 0 Å². The van der Waals surface area contributed by atoms with E-state index in [0.717, 1.165) is 21.4 Å². The lowest BCUT2D eigenvalue weighted by Crippen LogP contribution is -2.05. The quantitative estimate of drug-likeness (QED) is 0.929. The highest BCUT2D eigenvalue weighted by Crippen LogP contribution is 2.23. The van der Waals surface area contributed by atoms with Crippen LogP contribution in [-0.2, 0) is 6.42 Å². The van der Waals surface area contributed by atoms with Crippen molar-refractivity contribution in [1.29, 1.82) is 0 Å². The van der Waals surface area contributed by atoms with Crippen LogP contribution in [0.1, 0.15) is 28.6 Å². The van der Waals surface area contributed by atoms with Crippen LogP contribution in [0.2, 0.25) is 0 Å². The van der Waals surface area contributed by atoms with E-state index < -0.39 is 6.10 Å². The second-order valence-electron chi connectivity index (χ2n) is 4.64. The highest BCUT2D eigenvalue weighted by Gasteiger charge is 2.13. The first-order valence-corrected chi connectivity index (χ1v) is 6.82. The highest BCUT2D eigenvalue weighted by atomic mass is 79.9. The van der Waals surface area contributed by atoms with Crippen molar-refractivity contribution in [1.82, 2.24) is 4.98 Å². The summed E-state index contributed by atoms with van der Waals surface area (Å²) in [6.45, 7) is 3.76. The van der Waals surface area contributed by atoms with Crippen molar-refractivity contribution in [2.24, 2.45) is 0 Å². The molecular weight excluding hydrogens is 309 g/mol. The van der Waals surface area contributed by atoms with Gasteiger partial charge in [0.05, 0.1) is 6.10 Å². The summed E-state index contributed by atoms with van der Waals surface area (Å²) in [5.41, 5.74) is 2.96. The maximum Gasteiger partial charge on any atom is 0.126 e. The van der Waals surface area contributed by atoms with Gasteiger partial charge in [-0.2, -0.15) is 0 Å². The third-order valence-electron chi connectivity index (χ3n) is 2.91. The Hall–Kier alpha value is -1.26. The summed E-state index contributed by atoms with van der Waals surface area (Å²) < 4.78 is 14.5. The van der Waals surface area contributed by atoms with Crippen LogP contribution < -0.4 is 0 Å². The van der Waals surface area contributed by atoms with Crippen LogP contribution in [0.15, 0.2) is 34.8 Å². The van der Waals surface area contributed by atoms with Crippen LogP contribution in [0, 0.1) is 19.7 Å². The third kappa shape index (κ3) is 3.61. The van der Waals surface area contributed by atoms with Crippen molar-refractivity contribution < 1.29 is 9.50 Å². The fraction of sp³-hybridized carbons (Fsp3) is 0.267. The first kappa shape index (κ1) is 14.2. The van der Waals surface area contributed by atoms with Gasteiger partial charge in [0.1, 0.15) is 5.82 Å². The Labute approximate surface area is 120 Å². The van der Waals surface area contributed by atoms with Crippen molar-refractivity contribution in [3.05, 3.63) is 63.1 Å². The number of aromatic nitrogens is 1. The molecule has 0 radical (unpaired) electrons. The van der Waals surface area contributed by atoms with Crippen LogP contribution in [0.4, 0.5) is 4.39 Å². The molecule has 2 nitrogen and oxygen atoms in total. The van der Waals surface area contributed by atoms with Crippen molar-refractivity contribution in [3.8, 4) is 0 Å². The molecule has 0 amide bonds. The maximum atomic E-state index is 13.7. The van der Waals surface area contributed by atoms with E-state index in [0.29, 0.717) is 5.56 Å². The summed E-state index contributed by atoms with van der Waals surface area (Å²) >= 11 is 3.31. The molecule has 4 heteroatoms. The number of benzene rings is 1. The molecule has 1 aromatic carbocycles. The number of aliphatic hydroxyl groups excluding tert-OH is 1. The summed E-state index contributed by atoms with van der Waals surface area (Å²) in [6, 6.07) is 8.39. The number of aryl methyl sites for hydroxylation is 2. The summed E-state index contributed by atoms with van der Waals surface area (Å²) in [5, 5.41) is 10.2. The standard InChI is InChI=1S/C15H15BrFNO/c1-9-5-12(6-10(2)18-9)15(19)8-11-7-13(16)3-4-14(11)17/h3-7,15,19H,8H2,1-2H3. The van der Waals surface area contributed by atoms with Crippen LogP contribution in [0.25, 0.3) is 0 Å². The van der Waals surface area contributed by atoms with E-state index >= 15 is 0 Å². The lowest BCUT2D eigenvalue weighted by Gasteiger charge is -2.13. The molecule has 100 valence electrons. The molecule has 1 heterocycles. The summed E-state index contributed by atoms with van der Waals surface area (Å²) in [6.07, 6.45) is -0.488. The van der Waals surface area contributed by atoms with Crippen LogP contribution in [0.3, 0.4) is 0 Å². The molecule has 19 heavy (non-hydrogen) atoms. The Bertz CT molecular complexity index is 580. The predicted octanol–water partition coefficient (Wildman–Crippen LogP) is 3.88. The number of hydrogen-bond acceptors (Lipinski definition) is 2. The van der Waals surface area contributed by atoms with Gasteiger partial charge in [0.2, 0.25) is 0 Å². The summed E-state index contributed by atoms with van der Waals surface area (Å²) in [5.74, 6) is -0.301. The highest BCUT2D eigenvalue weighted by molar-refractivity contribution is 9.10. The fourth-order valence-electron chi connectivity index (χ4n) is 2.09. The molecule has 2 aromatic rings. The van der Waals surface area contributed by atoms with E-state index in [1.165, 1.54) is 6.07 Å².